The number of ether oxygens (including phenoxy) is 3. The van der Waals surface area contributed by atoms with Gasteiger partial charge in [-0.2, -0.15) is 0 Å². The van der Waals surface area contributed by atoms with Crippen LogP contribution < -0.4 is 15.6 Å². The summed E-state index contributed by atoms with van der Waals surface area (Å²) in [6.45, 7) is 4.52. The van der Waals surface area contributed by atoms with Crippen LogP contribution in [0.25, 0.3) is 10.9 Å². The molecule has 3 rings (SSSR count). The van der Waals surface area contributed by atoms with E-state index in [0.29, 0.717) is 29.0 Å². The van der Waals surface area contributed by atoms with E-state index in [1.54, 1.807) is 18.2 Å². The molecule has 1 aromatic heterocycles. The Bertz CT molecular complexity index is 863. The fraction of sp³-hybridized carbons (Fsp3) is 0.526. The zero-order chi connectivity index (χ0) is 19.9. The van der Waals surface area contributed by atoms with Gasteiger partial charge in [-0.05, 0) is 12.1 Å². The maximum Gasteiger partial charge on any atom is 0.258 e. The number of morpholine rings is 1. The highest BCUT2D eigenvalue weighted by Gasteiger charge is 2.20. The van der Waals surface area contributed by atoms with Crippen LogP contribution >= 0.6 is 0 Å². The van der Waals surface area contributed by atoms with Gasteiger partial charge in [0.05, 0.1) is 32.1 Å². The van der Waals surface area contributed by atoms with E-state index >= 15 is 0 Å². The maximum atomic E-state index is 12.4. The number of aromatic nitrogens is 2. The zero-order valence-electron chi connectivity index (χ0n) is 16.2. The number of benzene rings is 1. The summed E-state index contributed by atoms with van der Waals surface area (Å²) < 4.78 is 16.0. The quantitative estimate of drug-likeness (QED) is 0.674. The number of carbonyl (C=O) groups is 1. The van der Waals surface area contributed by atoms with Crippen molar-refractivity contribution < 1.29 is 19.0 Å². The van der Waals surface area contributed by atoms with E-state index in [9.17, 15) is 9.59 Å². The number of hydrogen-bond acceptors (Lipinski definition) is 7. The average molecular weight is 390 g/mol. The Labute approximate surface area is 163 Å². The zero-order valence-corrected chi connectivity index (χ0v) is 16.2. The van der Waals surface area contributed by atoms with E-state index < -0.39 is 6.10 Å². The maximum absolute atomic E-state index is 12.4. The van der Waals surface area contributed by atoms with Crippen molar-refractivity contribution in [3.8, 4) is 5.75 Å². The number of amides is 1. The van der Waals surface area contributed by atoms with Gasteiger partial charge in [0.1, 0.15) is 23.2 Å². The molecule has 1 atom stereocenters. The second-order valence-corrected chi connectivity index (χ2v) is 6.54. The lowest BCUT2D eigenvalue weighted by Crippen LogP contribution is -2.41. The molecule has 2 N–H and O–H groups in total. The predicted molar refractivity (Wildman–Crippen MR) is 104 cm³/mol. The number of para-hydroxylation sites is 1. The molecular weight excluding hydrogens is 364 g/mol. The van der Waals surface area contributed by atoms with Crippen molar-refractivity contribution in [3.63, 3.8) is 0 Å². The summed E-state index contributed by atoms with van der Waals surface area (Å²) >= 11 is 0. The third-order valence-electron chi connectivity index (χ3n) is 4.75. The molecule has 1 fully saturated rings. The number of fused-ring (bicyclic) bond motifs is 1. The number of nitrogens with zero attached hydrogens (tertiary/aromatic N) is 2. The average Bonchev–Trinajstić information content (AvgIpc) is 2.72. The molecule has 0 aliphatic carbocycles. The molecule has 9 heteroatoms. The fourth-order valence-corrected chi connectivity index (χ4v) is 3.18. The Morgan fingerprint density at radius 3 is 2.86 bits per heavy atom. The SMILES string of the molecule is COc1cccc2c(=O)[nH]c(C(CC(=O)NCCN3CCOCC3)OC)nc12. The molecule has 1 unspecified atom stereocenters. The molecule has 0 bridgehead atoms. The first kappa shape index (κ1) is 20.2. The van der Waals surface area contributed by atoms with Crippen molar-refractivity contribution in [1.82, 2.24) is 20.2 Å². The number of methoxy groups -OCH3 is 2. The highest BCUT2D eigenvalue weighted by molar-refractivity contribution is 5.83. The van der Waals surface area contributed by atoms with Crippen LogP contribution in [0.4, 0.5) is 0 Å². The summed E-state index contributed by atoms with van der Waals surface area (Å²) in [5.41, 5.74) is 0.146. The van der Waals surface area contributed by atoms with Crippen LogP contribution in [0.3, 0.4) is 0 Å². The van der Waals surface area contributed by atoms with Gasteiger partial charge in [0, 0.05) is 33.3 Å². The largest absolute Gasteiger partial charge is 0.494 e. The number of nitrogens with one attached hydrogen (secondary N) is 2. The molecule has 2 aromatic rings. The standard InChI is InChI=1S/C19H26N4O5/c1-26-14-5-3-4-13-17(14)21-18(22-19(13)25)15(27-2)12-16(24)20-6-7-23-8-10-28-11-9-23/h3-5,15H,6-12H2,1-2H3,(H,20,24)(H,21,22,25). The minimum atomic E-state index is -0.662. The first-order valence-electron chi connectivity index (χ1n) is 9.29. The lowest BCUT2D eigenvalue weighted by Gasteiger charge is -2.26. The molecule has 1 aliphatic rings. The number of rotatable bonds is 8. The summed E-state index contributed by atoms with van der Waals surface area (Å²) in [5.74, 6) is 0.630. The minimum Gasteiger partial charge on any atom is -0.494 e. The summed E-state index contributed by atoms with van der Waals surface area (Å²) in [5, 5.41) is 3.32. The Morgan fingerprint density at radius 1 is 1.36 bits per heavy atom. The Balaban J connectivity index is 1.65. The molecule has 1 saturated heterocycles. The summed E-state index contributed by atoms with van der Waals surface area (Å²) in [7, 11) is 3.01. The van der Waals surface area contributed by atoms with Crippen molar-refractivity contribution in [2.75, 3.05) is 53.6 Å². The molecule has 28 heavy (non-hydrogen) atoms. The highest BCUT2D eigenvalue weighted by atomic mass is 16.5. The van der Waals surface area contributed by atoms with Crippen LogP contribution in [0.15, 0.2) is 23.0 Å². The normalized spacial score (nSPS) is 16.1. The van der Waals surface area contributed by atoms with E-state index in [4.69, 9.17) is 14.2 Å². The highest BCUT2D eigenvalue weighted by Crippen LogP contribution is 2.23. The van der Waals surface area contributed by atoms with Crippen LogP contribution in [0.5, 0.6) is 5.75 Å². The topological polar surface area (TPSA) is 106 Å². The van der Waals surface area contributed by atoms with Gasteiger partial charge in [0.15, 0.2) is 0 Å². The number of H-pyrrole nitrogens is 1. The third kappa shape index (κ3) is 4.86. The molecule has 9 nitrogen and oxygen atoms in total. The molecule has 0 saturated carbocycles. The number of hydrogen-bond donors (Lipinski definition) is 2. The van der Waals surface area contributed by atoms with Gasteiger partial charge in [0.2, 0.25) is 5.91 Å². The van der Waals surface area contributed by atoms with Crippen molar-refractivity contribution >= 4 is 16.8 Å². The van der Waals surface area contributed by atoms with E-state index in [2.05, 4.69) is 20.2 Å². The molecule has 0 spiro atoms. The molecular formula is C19H26N4O5. The van der Waals surface area contributed by atoms with Crippen LogP contribution in [-0.2, 0) is 14.3 Å². The second kappa shape index (κ2) is 9.63. The van der Waals surface area contributed by atoms with Crippen molar-refractivity contribution in [1.29, 1.82) is 0 Å². The van der Waals surface area contributed by atoms with E-state index in [-0.39, 0.29) is 17.9 Å². The Hall–Kier alpha value is -2.49. The first-order valence-corrected chi connectivity index (χ1v) is 9.29. The Morgan fingerprint density at radius 2 is 2.14 bits per heavy atom. The van der Waals surface area contributed by atoms with Crippen LogP contribution in [0.2, 0.25) is 0 Å². The van der Waals surface area contributed by atoms with E-state index in [1.807, 2.05) is 0 Å². The Kier molecular flexibility index (Phi) is 6.96. The minimum absolute atomic E-state index is 0.0587. The molecule has 1 aliphatic heterocycles. The van der Waals surface area contributed by atoms with Gasteiger partial charge in [-0.3, -0.25) is 14.5 Å². The monoisotopic (exact) mass is 390 g/mol. The van der Waals surface area contributed by atoms with E-state index in [0.717, 1.165) is 32.8 Å². The van der Waals surface area contributed by atoms with Gasteiger partial charge in [-0.25, -0.2) is 4.98 Å². The van der Waals surface area contributed by atoms with E-state index in [1.165, 1.54) is 14.2 Å². The number of aromatic amines is 1. The first-order chi connectivity index (χ1) is 13.6. The summed E-state index contributed by atoms with van der Waals surface area (Å²) in [6.07, 6.45) is -0.603. The molecule has 2 heterocycles. The van der Waals surface area contributed by atoms with Gasteiger partial charge < -0.3 is 24.5 Å². The van der Waals surface area contributed by atoms with Gasteiger partial charge in [-0.1, -0.05) is 6.07 Å². The van der Waals surface area contributed by atoms with Crippen LogP contribution in [-0.4, -0.2) is 74.4 Å². The molecule has 1 aromatic carbocycles. The molecule has 1 amide bonds. The van der Waals surface area contributed by atoms with Crippen molar-refractivity contribution in [2.24, 2.45) is 0 Å². The van der Waals surface area contributed by atoms with Crippen LogP contribution in [0.1, 0.15) is 18.3 Å². The second-order valence-electron chi connectivity index (χ2n) is 6.54. The lowest BCUT2D eigenvalue weighted by atomic mass is 10.2. The van der Waals surface area contributed by atoms with Crippen LogP contribution in [0, 0.1) is 0 Å². The smallest absolute Gasteiger partial charge is 0.258 e. The van der Waals surface area contributed by atoms with Crippen molar-refractivity contribution in [3.05, 3.63) is 34.4 Å². The van der Waals surface area contributed by atoms with Crippen molar-refractivity contribution in [2.45, 2.75) is 12.5 Å². The third-order valence-corrected chi connectivity index (χ3v) is 4.75. The fourth-order valence-electron chi connectivity index (χ4n) is 3.18. The molecule has 152 valence electrons. The summed E-state index contributed by atoms with van der Waals surface area (Å²) in [6, 6.07) is 5.14. The van der Waals surface area contributed by atoms with Gasteiger partial charge in [0.25, 0.3) is 5.56 Å². The lowest BCUT2D eigenvalue weighted by molar-refractivity contribution is -0.123. The molecule has 0 radical (unpaired) electrons. The predicted octanol–water partition coefficient (Wildman–Crippen LogP) is 0.458. The summed E-state index contributed by atoms with van der Waals surface area (Å²) in [4.78, 5) is 34.2. The van der Waals surface area contributed by atoms with Gasteiger partial charge in [-0.15, -0.1) is 0 Å². The number of carbonyl (C=O) groups excluding carboxylic acids is 1. The van der Waals surface area contributed by atoms with Gasteiger partial charge >= 0.3 is 0 Å².